The monoisotopic (exact) mass is 331 g/mol. The lowest BCUT2D eigenvalue weighted by atomic mass is 10.1. The van der Waals surface area contributed by atoms with Crippen molar-refractivity contribution in [3.8, 4) is 11.3 Å². The maximum Gasteiger partial charge on any atom is 0.367 e. The van der Waals surface area contributed by atoms with E-state index in [-0.39, 0.29) is 0 Å². The van der Waals surface area contributed by atoms with Crippen molar-refractivity contribution in [1.82, 2.24) is 0 Å². The van der Waals surface area contributed by atoms with Gasteiger partial charge in [-0.15, -0.1) is 0 Å². The first-order valence-corrected chi connectivity index (χ1v) is 6.77. The molecule has 0 radical (unpaired) electrons. The number of carbonyl (C=O) groups excluding carboxylic acids is 1. The predicted molar refractivity (Wildman–Crippen MR) is 79.0 cm³/mol. The van der Waals surface area contributed by atoms with Crippen LogP contribution < -0.4 is 0 Å². The van der Waals surface area contributed by atoms with Crippen LogP contribution in [0.3, 0.4) is 0 Å². The predicted octanol–water partition coefficient (Wildman–Crippen LogP) is 4.03. The van der Waals surface area contributed by atoms with Crippen molar-refractivity contribution in [2.24, 2.45) is 5.16 Å². The highest BCUT2D eigenvalue weighted by atomic mass is 79.9. The van der Waals surface area contributed by atoms with Crippen LogP contribution in [0.2, 0.25) is 0 Å². The molecule has 20 heavy (non-hydrogen) atoms. The summed E-state index contributed by atoms with van der Waals surface area (Å²) in [5.74, 6) is 0.853. The number of halogens is 1. The molecule has 3 rings (SSSR count). The highest BCUT2D eigenvalue weighted by Gasteiger charge is 2.22. The number of oxime groups is 1. The summed E-state index contributed by atoms with van der Waals surface area (Å²) in [5, 5.41) is 3.62. The maximum atomic E-state index is 11.5. The Kier molecular flexibility index (Phi) is 3.28. The van der Waals surface area contributed by atoms with Crippen LogP contribution in [0.1, 0.15) is 12.7 Å². The smallest absolute Gasteiger partial charge is 0.367 e. The molecule has 2 aromatic rings. The summed E-state index contributed by atoms with van der Waals surface area (Å²) in [6, 6.07) is 11.4. The molecule has 2 heterocycles. The molecule has 1 aromatic heterocycles. The molecule has 1 aliphatic rings. The van der Waals surface area contributed by atoms with E-state index in [0.717, 1.165) is 15.8 Å². The first-order valence-electron chi connectivity index (χ1n) is 5.98. The van der Waals surface area contributed by atoms with Gasteiger partial charge in [0.15, 0.2) is 0 Å². The normalized spacial score (nSPS) is 16.4. The summed E-state index contributed by atoms with van der Waals surface area (Å²) < 4.78 is 6.69. The van der Waals surface area contributed by atoms with E-state index in [4.69, 9.17) is 4.42 Å². The van der Waals surface area contributed by atoms with Crippen molar-refractivity contribution in [2.45, 2.75) is 6.92 Å². The van der Waals surface area contributed by atoms with E-state index in [0.29, 0.717) is 17.0 Å². The van der Waals surface area contributed by atoms with Crippen LogP contribution in [0.15, 0.2) is 56.0 Å². The topological polar surface area (TPSA) is 51.8 Å². The van der Waals surface area contributed by atoms with Gasteiger partial charge in [-0.1, -0.05) is 39.3 Å². The molecule has 0 spiro atoms. The van der Waals surface area contributed by atoms with Gasteiger partial charge in [0.05, 0.1) is 11.3 Å². The zero-order valence-electron chi connectivity index (χ0n) is 10.6. The van der Waals surface area contributed by atoms with E-state index in [1.807, 2.05) is 30.3 Å². The van der Waals surface area contributed by atoms with Gasteiger partial charge in [-0.25, -0.2) is 4.79 Å². The van der Waals surface area contributed by atoms with Crippen molar-refractivity contribution >= 4 is 33.7 Å². The zero-order valence-corrected chi connectivity index (χ0v) is 12.2. The number of nitrogens with zero attached hydrogens (tertiary/aromatic N) is 1. The highest BCUT2D eigenvalue weighted by molar-refractivity contribution is 9.10. The van der Waals surface area contributed by atoms with Gasteiger partial charge in [0.25, 0.3) is 0 Å². The minimum atomic E-state index is -0.457. The standard InChI is InChI=1S/C15H10BrNO3/c1-9-12(15(18)20-17-9)8-10-6-7-14(19-10)11-4-2-3-5-13(11)16/h2-8H,1H3/b12-8-. The molecule has 1 aliphatic heterocycles. The summed E-state index contributed by atoms with van der Waals surface area (Å²) in [6.07, 6.45) is 1.63. The number of furan rings is 1. The van der Waals surface area contributed by atoms with Crippen LogP contribution in [0.4, 0.5) is 0 Å². The Morgan fingerprint density at radius 2 is 2.00 bits per heavy atom. The summed E-state index contributed by atoms with van der Waals surface area (Å²) in [5.41, 5.74) is 1.92. The van der Waals surface area contributed by atoms with E-state index in [9.17, 15) is 4.79 Å². The average Bonchev–Trinajstić information content (AvgIpc) is 3.02. The molecule has 0 bridgehead atoms. The third-order valence-electron chi connectivity index (χ3n) is 2.93. The van der Waals surface area contributed by atoms with E-state index in [1.54, 1.807) is 19.1 Å². The lowest BCUT2D eigenvalue weighted by Gasteiger charge is -1.99. The summed E-state index contributed by atoms with van der Waals surface area (Å²) >= 11 is 3.48. The van der Waals surface area contributed by atoms with Crippen LogP contribution in [0, 0.1) is 0 Å². The van der Waals surface area contributed by atoms with Gasteiger partial charge in [-0.3, -0.25) is 0 Å². The van der Waals surface area contributed by atoms with E-state index < -0.39 is 5.97 Å². The molecule has 0 saturated carbocycles. The number of hydrogen-bond donors (Lipinski definition) is 0. The number of hydrogen-bond acceptors (Lipinski definition) is 4. The zero-order chi connectivity index (χ0) is 14.1. The summed E-state index contributed by atoms with van der Waals surface area (Å²) in [6.45, 7) is 1.72. The quantitative estimate of drug-likeness (QED) is 0.616. The Morgan fingerprint density at radius 1 is 1.20 bits per heavy atom. The maximum absolute atomic E-state index is 11.5. The Morgan fingerprint density at radius 3 is 2.70 bits per heavy atom. The second kappa shape index (κ2) is 5.09. The molecule has 0 fully saturated rings. The van der Waals surface area contributed by atoms with Gasteiger partial charge < -0.3 is 9.25 Å². The number of rotatable bonds is 2. The second-order valence-electron chi connectivity index (χ2n) is 4.30. The Hall–Kier alpha value is -2.14. The average molecular weight is 332 g/mol. The number of benzene rings is 1. The Balaban J connectivity index is 1.96. The van der Waals surface area contributed by atoms with E-state index in [2.05, 4.69) is 25.9 Å². The van der Waals surface area contributed by atoms with Crippen LogP contribution >= 0.6 is 15.9 Å². The Labute approximate surface area is 123 Å². The third-order valence-corrected chi connectivity index (χ3v) is 3.62. The fourth-order valence-corrected chi connectivity index (χ4v) is 2.38. The molecule has 1 aromatic carbocycles. The molecular formula is C15H10BrNO3. The van der Waals surface area contributed by atoms with Crippen LogP contribution in [0.5, 0.6) is 0 Å². The molecule has 4 nitrogen and oxygen atoms in total. The molecule has 0 aliphatic carbocycles. The molecule has 0 saturated heterocycles. The van der Waals surface area contributed by atoms with Gasteiger partial charge in [-0.2, -0.15) is 0 Å². The van der Waals surface area contributed by atoms with Crippen molar-refractivity contribution in [3.05, 3.63) is 52.2 Å². The van der Waals surface area contributed by atoms with Gasteiger partial charge in [0, 0.05) is 10.0 Å². The van der Waals surface area contributed by atoms with Crippen LogP contribution in [-0.2, 0) is 9.63 Å². The molecule has 0 amide bonds. The number of carbonyl (C=O) groups is 1. The molecule has 100 valence electrons. The SMILES string of the molecule is CC1=NOC(=O)/C1=C\c1ccc(-c2ccccc2Br)o1. The lowest BCUT2D eigenvalue weighted by molar-refractivity contribution is -0.136. The second-order valence-corrected chi connectivity index (χ2v) is 5.15. The molecule has 0 unspecified atom stereocenters. The largest absolute Gasteiger partial charge is 0.457 e. The van der Waals surface area contributed by atoms with Gasteiger partial charge in [-0.05, 0) is 31.2 Å². The van der Waals surface area contributed by atoms with Crippen LogP contribution in [0.25, 0.3) is 17.4 Å². The van der Waals surface area contributed by atoms with Crippen molar-refractivity contribution < 1.29 is 14.0 Å². The van der Waals surface area contributed by atoms with Gasteiger partial charge >= 0.3 is 5.97 Å². The van der Waals surface area contributed by atoms with E-state index >= 15 is 0 Å². The fourth-order valence-electron chi connectivity index (χ4n) is 1.90. The van der Waals surface area contributed by atoms with Crippen molar-refractivity contribution in [2.75, 3.05) is 0 Å². The molecule has 5 heteroatoms. The Bertz CT molecular complexity index is 743. The third kappa shape index (κ3) is 2.32. The minimum absolute atomic E-state index is 0.415. The highest BCUT2D eigenvalue weighted by Crippen LogP contribution is 2.30. The van der Waals surface area contributed by atoms with Gasteiger partial charge in [0.1, 0.15) is 11.5 Å². The minimum Gasteiger partial charge on any atom is -0.457 e. The van der Waals surface area contributed by atoms with Crippen molar-refractivity contribution in [1.29, 1.82) is 0 Å². The first kappa shape index (κ1) is 12.9. The molecular weight excluding hydrogens is 322 g/mol. The molecule has 0 atom stereocenters. The lowest BCUT2D eigenvalue weighted by Crippen LogP contribution is -2.01. The van der Waals surface area contributed by atoms with Crippen LogP contribution in [-0.4, -0.2) is 11.7 Å². The fraction of sp³-hybridized carbons (Fsp3) is 0.0667. The van der Waals surface area contributed by atoms with Crippen molar-refractivity contribution in [3.63, 3.8) is 0 Å². The molecule has 0 N–H and O–H groups in total. The summed E-state index contributed by atoms with van der Waals surface area (Å²) in [4.78, 5) is 16.1. The summed E-state index contributed by atoms with van der Waals surface area (Å²) in [7, 11) is 0. The van der Waals surface area contributed by atoms with Gasteiger partial charge in [0.2, 0.25) is 0 Å². The first-order chi connectivity index (χ1) is 9.65. The van der Waals surface area contributed by atoms with E-state index in [1.165, 1.54) is 0 Å².